The van der Waals surface area contributed by atoms with Crippen molar-refractivity contribution in [2.24, 2.45) is 0 Å². The first kappa shape index (κ1) is 20.2. The van der Waals surface area contributed by atoms with E-state index in [4.69, 9.17) is 4.52 Å². The highest BCUT2D eigenvalue weighted by atomic mass is 19.4. The van der Waals surface area contributed by atoms with Crippen LogP contribution in [-0.2, 0) is 19.3 Å². The zero-order valence-electron chi connectivity index (χ0n) is 17.3. The summed E-state index contributed by atoms with van der Waals surface area (Å²) in [5, 5.41) is 12.7. The zero-order valence-corrected chi connectivity index (χ0v) is 17.3. The highest BCUT2D eigenvalue weighted by Crippen LogP contribution is 2.31. The topological polar surface area (TPSA) is 77.0 Å². The second-order valence-electron chi connectivity index (χ2n) is 7.79. The predicted molar refractivity (Wildman–Crippen MR) is 109 cm³/mol. The monoisotopic (exact) mass is 441 g/mol. The van der Waals surface area contributed by atoms with Gasteiger partial charge in [-0.2, -0.15) is 13.2 Å². The van der Waals surface area contributed by atoms with E-state index in [0.29, 0.717) is 5.56 Å². The fraction of sp³-hybridized carbons (Fsp3) is 0.273. The summed E-state index contributed by atoms with van der Waals surface area (Å²) in [6.45, 7) is 3.87. The van der Waals surface area contributed by atoms with Crippen LogP contribution in [0.2, 0.25) is 0 Å². The summed E-state index contributed by atoms with van der Waals surface area (Å²) >= 11 is 0. The molecule has 0 fully saturated rings. The highest BCUT2D eigenvalue weighted by Gasteiger charge is 2.40. The van der Waals surface area contributed by atoms with Gasteiger partial charge in [-0.1, -0.05) is 23.4 Å². The molecule has 10 heteroatoms. The molecule has 2 aromatic carbocycles. The molecular formula is C22H18F3N5O2. The van der Waals surface area contributed by atoms with Crippen molar-refractivity contribution in [2.45, 2.75) is 33.1 Å². The van der Waals surface area contributed by atoms with Gasteiger partial charge in [-0.3, -0.25) is 4.79 Å². The number of carbonyl (C=O) groups is 1. The van der Waals surface area contributed by atoms with Gasteiger partial charge in [0.25, 0.3) is 5.91 Å². The summed E-state index contributed by atoms with van der Waals surface area (Å²) in [6.07, 6.45) is -4.57. The van der Waals surface area contributed by atoms with Gasteiger partial charge < -0.3 is 14.0 Å². The van der Waals surface area contributed by atoms with Crippen LogP contribution in [-0.4, -0.2) is 37.3 Å². The number of nitrogens with zero attached hydrogens (tertiary/aromatic N) is 5. The molecule has 3 heterocycles. The Bertz CT molecular complexity index is 1340. The third-order valence-electron chi connectivity index (χ3n) is 5.70. The van der Waals surface area contributed by atoms with Gasteiger partial charge in [0, 0.05) is 24.2 Å². The van der Waals surface area contributed by atoms with E-state index in [1.165, 1.54) is 4.90 Å². The summed E-state index contributed by atoms with van der Waals surface area (Å²) in [7, 11) is 0. The first-order valence-corrected chi connectivity index (χ1v) is 9.98. The van der Waals surface area contributed by atoms with E-state index in [0.717, 1.165) is 37.9 Å². The smallest absolute Gasteiger partial charge is 0.361 e. The minimum Gasteiger partial charge on any atom is -0.361 e. The van der Waals surface area contributed by atoms with Crippen LogP contribution in [0, 0.1) is 13.8 Å². The van der Waals surface area contributed by atoms with E-state index in [-0.39, 0.29) is 31.4 Å². The van der Waals surface area contributed by atoms with Crippen LogP contribution in [0.4, 0.5) is 13.2 Å². The predicted octanol–water partition coefficient (Wildman–Crippen LogP) is 4.38. The first-order chi connectivity index (χ1) is 15.2. The quantitative estimate of drug-likeness (QED) is 0.462. The van der Waals surface area contributed by atoms with Gasteiger partial charge in [-0.25, -0.2) is 0 Å². The molecule has 4 aromatic rings. The Labute approximate surface area is 180 Å². The van der Waals surface area contributed by atoms with E-state index >= 15 is 0 Å². The molecule has 32 heavy (non-hydrogen) atoms. The molecule has 0 saturated carbocycles. The van der Waals surface area contributed by atoms with Gasteiger partial charge in [-0.05, 0) is 48.4 Å². The van der Waals surface area contributed by atoms with Crippen molar-refractivity contribution in [1.29, 1.82) is 0 Å². The molecule has 7 nitrogen and oxygen atoms in total. The van der Waals surface area contributed by atoms with Crippen molar-refractivity contribution in [1.82, 2.24) is 24.8 Å². The number of aromatic nitrogens is 4. The molecule has 0 radical (unpaired) electrons. The summed E-state index contributed by atoms with van der Waals surface area (Å²) < 4.78 is 45.4. The van der Waals surface area contributed by atoms with Crippen molar-refractivity contribution < 1.29 is 22.5 Å². The van der Waals surface area contributed by atoms with Gasteiger partial charge in [-0.15, -0.1) is 10.2 Å². The number of hydrogen-bond acceptors (Lipinski definition) is 5. The number of carbonyl (C=O) groups excluding carboxylic acids is 1. The van der Waals surface area contributed by atoms with E-state index < -0.39 is 12.0 Å². The molecule has 0 spiro atoms. The van der Waals surface area contributed by atoms with E-state index in [9.17, 15) is 18.0 Å². The number of benzene rings is 2. The summed E-state index contributed by atoms with van der Waals surface area (Å²) in [5.41, 5.74) is 3.19. The molecule has 0 bridgehead atoms. The number of fused-ring (bicyclic) bond motifs is 2. The lowest BCUT2D eigenvalue weighted by molar-refractivity contribution is -0.147. The van der Waals surface area contributed by atoms with Gasteiger partial charge in [0.15, 0.2) is 5.82 Å². The highest BCUT2D eigenvalue weighted by molar-refractivity contribution is 5.99. The van der Waals surface area contributed by atoms with Crippen molar-refractivity contribution in [3.63, 3.8) is 0 Å². The van der Waals surface area contributed by atoms with Crippen LogP contribution in [0.1, 0.15) is 33.5 Å². The van der Waals surface area contributed by atoms with Gasteiger partial charge in [0.2, 0.25) is 5.82 Å². The van der Waals surface area contributed by atoms with Gasteiger partial charge in [0.1, 0.15) is 5.76 Å². The Morgan fingerprint density at radius 1 is 1.03 bits per heavy atom. The molecular weight excluding hydrogens is 423 g/mol. The third kappa shape index (κ3) is 3.31. The van der Waals surface area contributed by atoms with Crippen LogP contribution in [0.25, 0.3) is 21.9 Å². The molecule has 1 amide bonds. The summed E-state index contributed by atoms with van der Waals surface area (Å²) in [5.74, 6) is -0.425. The van der Waals surface area contributed by atoms with Crippen molar-refractivity contribution in [2.75, 3.05) is 6.54 Å². The first-order valence-electron chi connectivity index (χ1n) is 9.98. The fourth-order valence-corrected chi connectivity index (χ4v) is 4.15. The lowest BCUT2D eigenvalue weighted by Crippen LogP contribution is -2.39. The largest absolute Gasteiger partial charge is 0.451 e. The molecule has 5 rings (SSSR count). The Morgan fingerprint density at radius 2 is 1.78 bits per heavy atom. The molecule has 0 saturated heterocycles. The Morgan fingerprint density at radius 3 is 2.50 bits per heavy atom. The van der Waals surface area contributed by atoms with Crippen molar-refractivity contribution in [3.05, 3.63) is 65.1 Å². The number of halogens is 3. The number of amides is 1. The van der Waals surface area contributed by atoms with Gasteiger partial charge in [0.05, 0.1) is 12.2 Å². The Balaban J connectivity index is 1.41. The van der Waals surface area contributed by atoms with E-state index in [1.807, 2.05) is 38.1 Å². The van der Waals surface area contributed by atoms with Gasteiger partial charge >= 0.3 is 6.18 Å². The lowest BCUT2D eigenvalue weighted by atomic mass is 9.99. The number of rotatable bonds is 2. The van der Waals surface area contributed by atoms with Crippen LogP contribution in [0.15, 0.2) is 40.9 Å². The Hall–Kier alpha value is -3.69. The molecule has 0 unspecified atom stereocenters. The molecule has 2 aromatic heterocycles. The van der Waals surface area contributed by atoms with Crippen molar-refractivity contribution in [3.8, 4) is 11.1 Å². The summed E-state index contributed by atoms with van der Waals surface area (Å²) in [6, 6.07) is 11.3. The minimum atomic E-state index is -4.57. The molecule has 0 aliphatic carbocycles. The van der Waals surface area contributed by atoms with E-state index in [2.05, 4.69) is 15.4 Å². The fourth-order valence-electron chi connectivity index (χ4n) is 4.15. The maximum atomic E-state index is 13.0. The Kier molecular flexibility index (Phi) is 4.54. The standard InChI is InChI=1S/C22H18F3N5O2/c1-12-19(13(2)32-28-12)16-5-3-15-10-17(6-4-14(15)9-16)20(31)29-7-8-30-18(11-29)26-27-21(30)22(23,24)25/h3-6,9-10H,7-8,11H2,1-2H3. The second-order valence-corrected chi connectivity index (χ2v) is 7.79. The normalized spacial score (nSPS) is 14.1. The molecule has 0 atom stereocenters. The molecule has 1 aliphatic heterocycles. The number of aryl methyl sites for hydroxylation is 2. The molecule has 0 N–H and O–H groups in total. The van der Waals surface area contributed by atoms with Crippen LogP contribution < -0.4 is 0 Å². The SMILES string of the molecule is Cc1noc(C)c1-c1ccc2cc(C(=O)N3CCn4c(nnc4C(F)(F)F)C3)ccc2c1. The maximum Gasteiger partial charge on any atom is 0.451 e. The van der Waals surface area contributed by atoms with Crippen molar-refractivity contribution >= 4 is 16.7 Å². The van der Waals surface area contributed by atoms with Crippen LogP contribution >= 0.6 is 0 Å². The molecule has 164 valence electrons. The number of hydrogen-bond donors (Lipinski definition) is 0. The molecule has 1 aliphatic rings. The van der Waals surface area contributed by atoms with Crippen LogP contribution in [0.3, 0.4) is 0 Å². The summed E-state index contributed by atoms with van der Waals surface area (Å²) in [4.78, 5) is 14.5. The average molecular weight is 441 g/mol. The minimum absolute atomic E-state index is 0.00268. The third-order valence-corrected chi connectivity index (χ3v) is 5.70. The lowest BCUT2D eigenvalue weighted by Gasteiger charge is -2.28. The maximum absolute atomic E-state index is 13.0. The zero-order chi connectivity index (χ0) is 22.6. The van der Waals surface area contributed by atoms with E-state index in [1.54, 1.807) is 12.1 Å². The average Bonchev–Trinajstić information content (AvgIpc) is 3.34. The second kappa shape index (κ2) is 7.18. The van der Waals surface area contributed by atoms with Crippen LogP contribution in [0.5, 0.6) is 0 Å². The number of alkyl halides is 3.